The summed E-state index contributed by atoms with van der Waals surface area (Å²) < 4.78 is 0. The Morgan fingerprint density at radius 2 is 1.61 bits per heavy atom. The second-order valence-corrected chi connectivity index (χ2v) is 8.77. The summed E-state index contributed by atoms with van der Waals surface area (Å²) in [5, 5.41) is 3.48. The number of amides is 1. The normalized spacial score (nSPS) is 40.1. The molecule has 4 heteroatoms. The third-order valence-electron chi connectivity index (χ3n) is 7.56. The van der Waals surface area contributed by atoms with Crippen molar-refractivity contribution in [3.8, 4) is 0 Å². The van der Waals surface area contributed by atoms with E-state index in [-0.39, 0.29) is 5.92 Å². The molecule has 4 aliphatic rings. The van der Waals surface area contributed by atoms with Gasteiger partial charge in [-0.05, 0) is 81.7 Å². The van der Waals surface area contributed by atoms with Crippen molar-refractivity contribution in [2.45, 2.75) is 63.8 Å². The van der Waals surface area contributed by atoms with Crippen molar-refractivity contribution < 1.29 is 4.79 Å². The molecule has 130 valence electrons. The largest absolute Gasteiger partial charge is 0.342 e. The van der Waals surface area contributed by atoms with Crippen LogP contribution in [-0.4, -0.2) is 43.0 Å². The van der Waals surface area contributed by atoms with Crippen LogP contribution in [0.2, 0.25) is 0 Å². The number of hydrogen-bond donors (Lipinski definition) is 2. The van der Waals surface area contributed by atoms with Crippen LogP contribution in [0.25, 0.3) is 0 Å². The number of nitrogens with one attached hydrogen (secondary N) is 1. The van der Waals surface area contributed by atoms with Gasteiger partial charge in [-0.2, -0.15) is 0 Å². The Morgan fingerprint density at radius 1 is 1.00 bits per heavy atom. The first-order valence-electron chi connectivity index (χ1n) is 9.92. The predicted molar refractivity (Wildman–Crippen MR) is 91.9 cm³/mol. The molecular weight excluding hydrogens is 286 g/mol. The minimum atomic E-state index is 0.271. The molecule has 4 rings (SSSR count). The standard InChI is InChI=1S/C19H33N3O/c20-17-14-2-1-3-15(17)13-16(12-14)18(23)22-10-6-19(7-11-22)4-8-21-9-5-19/h14-17,21H,1-13,20H2. The van der Waals surface area contributed by atoms with Crippen LogP contribution in [0.1, 0.15) is 57.8 Å². The van der Waals surface area contributed by atoms with E-state index in [9.17, 15) is 4.79 Å². The first kappa shape index (κ1) is 15.9. The molecule has 4 nitrogen and oxygen atoms in total. The lowest BCUT2D eigenvalue weighted by Crippen LogP contribution is -2.52. The average molecular weight is 319 g/mol. The van der Waals surface area contributed by atoms with Crippen molar-refractivity contribution in [1.82, 2.24) is 10.2 Å². The summed E-state index contributed by atoms with van der Waals surface area (Å²) in [6, 6.07) is 0.368. The summed E-state index contributed by atoms with van der Waals surface area (Å²) >= 11 is 0. The highest BCUT2D eigenvalue weighted by atomic mass is 16.2. The lowest BCUT2D eigenvalue weighted by atomic mass is 9.64. The molecule has 2 unspecified atom stereocenters. The first-order valence-corrected chi connectivity index (χ1v) is 9.92. The summed E-state index contributed by atoms with van der Waals surface area (Å²) in [6.45, 7) is 4.32. The van der Waals surface area contributed by atoms with E-state index >= 15 is 0 Å². The summed E-state index contributed by atoms with van der Waals surface area (Å²) in [5.74, 6) is 1.94. The second kappa shape index (κ2) is 6.36. The van der Waals surface area contributed by atoms with Crippen LogP contribution in [0.15, 0.2) is 0 Å². The third-order valence-corrected chi connectivity index (χ3v) is 7.56. The van der Waals surface area contributed by atoms with Gasteiger partial charge in [-0.3, -0.25) is 4.79 Å². The molecule has 3 N–H and O–H groups in total. The van der Waals surface area contributed by atoms with E-state index < -0.39 is 0 Å². The number of likely N-dealkylation sites (tertiary alicyclic amines) is 1. The number of hydrogen-bond acceptors (Lipinski definition) is 3. The third kappa shape index (κ3) is 3.05. The van der Waals surface area contributed by atoms with E-state index in [0.717, 1.165) is 39.0 Å². The van der Waals surface area contributed by atoms with Crippen molar-refractivity contribution >= 4 is 5.91 Å². The highest BCUT2D eigenvalue weighted by Crippen LogP contribution is 2.44. The molecule has 2 atom stereocenters. The van der Waals surface area contributed by atoms with Gasteiger partial charge in [0.1, 0.15) is 0 Å². The molecule has 1 spiro atoms. The Bertz CT molecular complexity index is 422. The number of fused-ring (bicyclic) bond motifs is 2. The van der Waals surface area contributed by atoms with E-state index in [4.69, 9.17) is 5.73 Å². The fraction of sp³-hybridized carbons (Fsp3) is 0.947. The maximum atomic E-state index is 13.0. The molecule has 4 fully saturated rings. The fourth-order valence-electron chi connectivity index (χ4n) is 5.91. The highest BCUT2D eigenvalue weighted by molar-refractivity contribution is 5.79. The first-order chi connectivity index (χ1) is 11.2. The number of piperidine rings is 2. The summed E-state index contributed by atoms with van der Waals surface area (Å²) in [5.41, 5.74) is 6.92. The molecule has 2 saturated heterocycles. The van der Waals surface area contributed by atoms with Gasteiger partial charge in [0, 0.05) is 25.0 Å². The predicted octanol–water partition coefficient (Wildman–Crippen LogP) is 2.13. The smallest absolute Gasteiger partial charge is 0.225 e. The Labute approximate surface area is 140 Å². The molecule has 1 amide bonds. The van der Waals surface area contributed by atoms with Crippen LogP contribution in [0.3, 0.4) is 0 Å². The quantitative estimate of drug-likeness (QED) is 0.778. The Balaban J connectivity index is 1.35. The second-order valence-electron chi connectivity index (χ2n) is 8.77. The Hall–Kier alpha value is -0.610. The molecule has 0 aromatic carbocycles. The van der Waals surface area contributed by atoms with E-state index in [1.807, 2.05) is 0 Å². The van der Waals surface area contributed by atoms with Gasteiger partial charge >= 0.3 is 0 Å². The zero-order chi connectivity index (χ0) is 15.9. The van der Waals surface area contributed by atoms with E-state index in [1.54, 1.807) is 0 Å². The molecule has 2 bridgehead atoms. The fourth-order valence-corrected chi connectivity index (χ4v) is 5.91. The SMILES string of the molecule is NC1C2CCCC1CC(C(=O)N1CCC3(CCNCC3)CC1)C2. The van der Waals surface area contributed by atoms with E-state index in [2.05, 4.69) is 10.2 Å². The zero-order valence-corrected chi connectivity index (χ0v) is 14.4. The molecule has 0 aromatic rings. The van der Waals surface area contributed by atoms with Gasteiger partial charge in [-0.15, -0.1) is 0 Å². The van der Waals surface area contributed by atoms with Crippen molar-refractivity contribution in [2.75, 3.05) is 26.2 Å². The zero-order valence-electron chi connectivity index (χ0n) is 14.4. The molecule has 23 heavy (non-hydrogen) atoms. The Morgan fingerprint density at radius 3 is 2.22 bits per heavy atom. The van der Waals surface area contributed by atoms with Gasteiger partial charge in [0.05, 0.1) is 0 Å². The van der Waals surface area contributed by atoms with Crippen molar-refractivity contribution in [3.05, 3.63) is 0 Å². The lowest BCUT2D eigenvalue weighted by molar-refractivity contribution is -0.141. The summed E-state index contributed by atoms with van der Waals surface area (Å²) in [7, 11) is 0. The minimum Gasteiger partial charge on any atom is -0.342 e. The maximum absolute atomic E-state index is 13.0. The van der Waals surface area contributed by atoms with Crippen molar-refractivity contribution in [3.63, 3.8) is 0 Å². The van der Waals surface area contributed by atoms with E-state index in [1.165, 1.54) is 44.9 Å². The van der Waals surface area contributed by atoms with Gasteiger partial charge in [0.2, 0.25) is 5.91 Å². The van der Waals surface area contributed by atoms with Gasteiger partial charge in [-0.25, -0.2) is 0 Å². The van der Waals surface area contributed by atoms with Gasteiger partial charge in [-0.1, -0.05) is 6.42 Å². The molecule has 0 aromatic heterocycles. The minimum absolute atomic E-state index is 0.271. The van der Waals surface area contributed by atoms with Crippen LogP contribution >= 0.6 is 0 Å². The number of nitrogens with zero attached hydrogens (tertiary/aromatic N) is 1. The van der Waals surface area contributed by atoms with Crippen molar-refractivity contribution in [1.29, 1.82) is 0 Å². The number of carbonyl (C=O) groups excluding carboxylic acids is 1. The van der Waals surface area contributed by atoms with Crippen LogP contribution < -0.4 is 11.1 Å². The molecule has 2 heterocycles. The lowest BCUT2D eigenvalue weighted by Gasteiger charge is -2.47. The monoisotopic (exact) mass is 319 g/mol. The van der Waals surface area contributed by atoms with Crippen LogP contribution in [0.5, 0.6) is 0 Å². The van der Waals surface area contributed by atoms with Crippen LogP contribution in [0.4, 0.5) is 0 Å². The Kier molecular flexibility index (Phi) is 4.39. The topological polar surface area (TPSA) is 58.4 Å². The number of nitrogens with two attached hydrogens (primary N) is 1. The number of carbonyl (C=O) groups is 1. The highest BCUT2D eigenvalue weighted by Gasteiger charge is 2.43. The maximum Gasteiger partial charge on any atom is 0.225 e. The molecular formula is C19H33N3O. The molecule has 2 aliphatic heterocycles. The summed E-state index contributed by atoms with van der Waals surface area (Å²) in [6.07, 6.45) is 11.0. The van der Waals surface area contributed by atoms with Gasteiger partial charge < -0.3 is 16.0 Å². The molecule has 0 radical (unpaired) electrons. The van der Waals surface area contributed by atoms with Crippen LogP contribution in [0, 0.1) is 23.2 Å². The van der Waals surface area contributed by atoms with Crippen molar-refractivity contribution in [2.24, 2.45) is 28.9 Å². The van der Waals surface area contributed by atoms with Crippen LogP contribution in [-0.2, 0) is 4.79 Å². The summed E-state index contributed by atoms with van der Waals surface area (Å²) in [4.78, 5) is 15.2. The number of rotatable bonds is 1. The van der Waals surface area contributed by atoms with E-state index in [0.29, 0.717) is 29.2 Å². The molecule has 2 saturated carbocycles. The van der Waals surface area contributed by atoms with Gasteiger partial charge in [0.15, 0.2) is 0 Å². The average Bonchev–Trinajstić information content (AvgIpc) is 2.55. The molecule has 2 aliphatic carbocycles. The van der Waals surface area contributed by atoms with Gasteiger partial charge in [0.25, 0.3) is 0 Å².